The molecule has 1 aliphatic heterocycles. The van der Waals surface area contributed by atoms with Gasteiger partial charge in [-0.1, -0.05) is 25.1 Å². The van der Waals surface area contributed by atoms with Gasteiger partial charge in [0.25, 0.3) is 0 Å². The lowest BCUT2D eigenvalue weighted by atomic mass is 9.95. The van der Waals surface area contributed by atoms with Crippen molar-refractivity contribution >= 4 is 27.5 Å². The maximum Gasteiger partial charge on any atom is 0.222 e. The first-order valence-corrected chi connectivity index (χ1v) is 12.9. The second-order valence-corrected chi connectivity index (χ2v) is 9.97. The van der Waals surface area contributed by atoms with Crippen LogP contribution in [0.2, 0.25) is 0 Å². The molecule has 0 amide bonds. The molecule has 7 heteroatoms. The summed E-state index contributed by atoms with van der Waals surface area (Å²) in [5.41, 5.74) is 5.46. The SMILES string of the molecule is [C-]#[N+]c1ccc(-c2c(-c3ccc4c(cnn4C)c3)ncc3c2ccn3C[C@@H]2CCCN(CC)C2)cc1F. The lowest BCUT2D eigenvalue weighted by Gasteiger charge is -2.32. The smallest absolute Gasteiger partial charge is 0.222 e. The zero-order valence-corrected chi connectivity index (χ0v) is 21.2. The van der Waals surface area contributed by atoms with Gasteiger partial charge in [-0.2, -0.15) is 5.10 Å². The number of aromatic nitrogens is 4. The molecule has 0 aliphatic carbocycles. The van der Waals surface area contributed by atoms with Gasteiger partial charge in [-0.05, 0) is 61.7 Å². The van der Waals surface area contributed by atoms with Gasteiger partial charge in [0, 0.05) is 48.2 Å². The summed E-state index contributed by atoms with van der Waals surface area (Å²) in [7, 11) is 1.92. The van der Waals surface area contributed by atoms with E-state index in [2.05, 4.69) is 44.7 Å². The molecule has 6 rings (SSSR count). The van der Waals surface area contributed by atoms with Gasteiger partial charge in [0.1, 0.15) is 5.82 Å². The largest absolute Gasteiger partial charge is 0.346 e. The van der Waals surface area contributed by atoms with Crippen molar-refractivity contribution in [2.45, 2.75) is 26.3 Å². The number of rotatable bonds is 5. The number of hydrogen-bond acceptors (Lipinski definition) is 3. The minimum atomic E-state index is -0.514. The van der Waals surface area contributed by atoms with Crippen molar-refractivity contribution in [1.82, 2.24) is 24.2 Å². The van der Waals surface area contributed by atoms with Crippen molar-refractivity contribution < 1.29 is 4.39 Å². The first-order valence-electron chi connectivity index (χ1n) is 12.9. The van der Waals surface area contributed by atoms with E-state index in [1.807, 2.05) is 42.3 Å². The topological polar surface area (TPSA) is 43.2 Å². The minimum absolute atomic E-state index is 0.0255. The summed E-state index contributed by atoms with van der Waals surface area (Å²) < 4.78 is 19.0. The number of piperidine rings is 1. The average molecular weight is 493 g/mol. The Morgan fingerprint density at radius 1 is 1.08 bits per heavy atom. The number of nitrogens with zero attached hydrogens (tertiary/aromatic N) is 6. The molecule has 0 radical (unpaired) electrons. The lowest BCUT2D eigenvalue weighted by molar-refractivity contribution is 0.171. The molecule has 0 saturated carbocycles. The molecular formula is C30H29FN6. The van der Waals surface area contributed by atoms with Crippen LogP contribution in [0.15, 0.2) is 61.1 Å². The molecule has 0 unspecified atom stereocenters. The van der Waals surface area contributed by atoms with Crippen molar-refractivity contribution in [3.8, 4) is 22.4 Å². The molecule has 0 spiro atoms. The summed E-state index contributed by atoms with van der Waals surface area (Å²) in [5, 5.41) is 6.44. The fraction of sp³-hybridized carbons (Fsp3) is 0.300. The highest BCUT2D eigenvalue weighted by Gasteiger charge is 2.22. The molecule has 3 aromatic heterocycles. The molecule has 37 heavy (non-hydrogen) atoms. The van der Waals surface area contributed by atoms with Gasteiger partial charge in [-0.3, -0.25) is 9.67 Å². The highest BCUT2D eigenvalue weighted by molar-refractivity contribution is 6.02. The van der Waals surface area contributed by atoms with E-state index in [0.29, 0.717) is 5.92 Å². The predicted octanol–water partition coefficient (Wildman–Crippen LogP) is 6.68. The molecule has 1 fully saturated rings. The number of hydrogen-bond donors (Lipinski definition) is 0. The van der Waals surface area contributed by atoms with Crippen LogP contribution in [0.5, 0.6) is 0 Å². The van der Waals surface area contributed by atoms with E-state index in [1.165, 1.54) is 25.5 Å². The Kier molecular flexibility index (Phi) is 5.97. The average Bonchev–Trinajstić information content (AvgIpc) is 3.51. The summed E-state index contributed by atoms with van der Waals surface area (Å²) >= 11 is 0. The normalized spacial score (nSPS) is 16.4. The van der Waals surface area contributed by atoms with E-state index >= 15 is 0 Å². The van der Waals surface area contributed by atoms with E-state index in [9.17, 15) is 4.39 Å². The maximum atomic E-state index is 14.8. The fourth-order valence-electron chi connectivity index (χ4n) is 5.76. The minimum Gasteiger partial charge on any atom is -0.346 e. The van der Waals surface area contributed by atoms with Crippen LogP contribution in [0.4, 0.5) is 10.1 Å². The molecule has 5 aromatic rings. The van der Waals surface area contributed by atoms with Crippen molar-refractivity contribution in [3.05, 3.63) is 78.3 Å². The Morgan fingerprint density at radius 2 is 1.95 bits per heavy atom. The Hall–Kier alpha value is -4.02. The number of aryl methyl sites for hydroxylation is 1. The summed E-state index contributed by atoms with van der Waals surface area (Å²) in [6, 6.07) is 13.2. The molecule has 0 bridgehead atoms. The van der Waals surface area contributed by atoms with E-state index in [4.69, 9.17) is 11.6 Å². The van der Waals surface area contributed by atoms with Crippen LogP contribution in [-0.4, -0.2) is 43.9 Å². The number of fused-ring (bicyclic) bond motifs is 2. The van der Waals surface area contributed by atoms with E-state index in [1.54, 1.807) is 6.07 Å². The standard InChI is InChI=1S/C30H29FN6/c1-4-36-12-5-6-20(18-36)19-37-13-11-24-28(37)17-33-30(22-8-10-27-23(14-22)16-34-35(27)3)29(24)21-7-9-26(32-2)25(31)15-21/h7-11,13-17,20H,4-6,12,18-19H2,1,3H3/t20-/m1/s1. The van der Waals surface area contributed by atoms with Gasteiger partial charge in [0.15, 0.2) is 0 Å². The second kappa shape index (κ2) is 9.45. The van der Waals surface area contributed by atoms with Crippen molar-refractivity contribution in [2.75, 3.05) is 19.6 Å². The molecule has 2 aromatic carbocycles. The third-order valence-electron chi connectivity index (χ3n) is 7.71. The zero-order valence-electron chi connectivity index (χ0n) is 21.2. The van der Waals surface area contributed by atoms with Gasteiger partial charge >= 0.3 is 0 Å². The van der Waals surface area contributed by atoms with Crippen LogP contribution in [0.1, 0.15) is 19.8 Å². The predicted molar refractivity (Wildman–Crippen MR) is 146 cm³/mol. The van der Waals surface area contributed by atoms with Crippen LogP contribution >= 0.6 is 0 Å². The highest BCUT2D eigenvalue weighted by atomic mass is 19.1. The molecule has 1 saturated heterocycles. The van der Waals surface area contributed by atoms with Crippen LogP contribution in [0, 0.1) is 18.3 Å². The molecule has 6 nitrogen and oxygen atoms in total. The van der Waals surface area contributed by atoms with Crippen LogP contribution in [-0.2, 0) is 13.6 Å². The number of likely N-dealkylation sites (tertiary alicyclic amines) is 1. The van der Waals surface area contributed by atoms with Gasteiger partial charge < -0.3 is 9.47 Å². The van der Waals surface area contributed by atoms with Crippen LogP contribution in [0.3, 0.4) is 0 Å². The summed E-state index contributed by atoms with van der Waals surface area (Å²) in [6.07, 6.45) is 8.39. The molecular weight excluding hydrogens is 463 g/mol. The Bertz CT molecular complexity index is 1660. The molecule has 1 atom stereocenters. The van der Waals surface area contributed by atoms with Crippen molar-refractivity contribution in [3.63, 3.8) is 0 Å². The summed E-state index contributed by atoms with van der Waals surface area (Å²) in [5.74, 6) is 0.0790. The molecule has 0 N–H and O–H groups in total. The van der Waals surface area contributed by atoms with Crippen LogP contribution in [0.25, 0.3) is 49.0 Å². The summed E-state index contributed by atoms with van der Waals surface area (Å²) in [6.45, 7) is 13.8. The monoisotopic (exact) mass is 492 g/mol. The molecule has 1 aliphatic rings. The van der Waals surface area contributed by atoms with Gasteiger partial charge in [-0.25, -0.2) is 9.24 Å². The Labute approximate surface area is 215 Å². The first kappa shape index (κ1) is 23.4. The van der Waals surface area contributed by atoms with Crippen molar-refractivity contribution in [1.29, 1.82) is 0 Å². The maximum absolute atomic E-state index is 14.8. The van der Waals surface area contributed by atoms with Gasteiger partial charge in [0.2, 0.25) is 5.69 Å². The van der Waals surface area contributed by atoms with E-state index in [0.717, 1.165) is 63.8 Å². The third kappa shape index (κ3) is 4.17. The van der Waals surface area contributed by atoms with Crippen molar-refractivity contribution in [2.24, 2.45) is 13.0 Å². The second-order valence-electron chi connectivity index (χ2n) is 9.97. The quantitative estimate of drug-likeness (QED) is 0.257. The summed E-state index contributed by atoms with van der Waals surface area (Å²) in [4.78, 5) is 10.8. The first-order chi connectivity index (χ1) is 18.1. The highest BCUT2D eigenvalue weighted by Crippen LogP contribution is 2.39. The third-order valence-corrected chi connectivity index (χ3v) is 7.71. The molecule has 186 valence electrons. The van der Waals surface area contributed by atoms with E-state index in [-0.39, 0.29) is 5.69 Å². The molecule has 4 heterocycles. The van der Waals surface area contributed by atoms with Gasteiger partial charge in [-0.15, -0.1) is 0 Å². The van der Waals surface area contributed by atoms with Gasteiger partial charge in [0.05, 0.1) is 35.7 Å². The zero-order chi connectivity index (χ0) is 25.5. The number of halogens is 1. The van der Waals surface area contributed by atoms with Crippen LogP contribution < -0.4 is 0 Å². The Balaban J connectivity index is 1.50. The van der Waals surface area contributed by atoms with E-state index < -0.39 is 5.82 Å². The lowest BCUT2D eigenvalue weighted by Crippen LogP contribution is -2.36. The number of pyridine rings is 1. The number of benzene rings is 2. The Morgan fingerprint density at radius 3 is 2.76 bits per heavy atom. The fourth-order valence-corrected chi connectivity index (χ4v) is 5.76.